The highest BCUT2D eigenvalue weighted by Crippen LogP contribution is 2.32. The van der Waals surface area contributed by atoms with Crippen molar-refractivity contribution in [3.8, 4) is 0 Å². The first-order valence-corrected chi connectivity index (χ1v) is 4.46. The van der Waals surface area contributed by atoms with Crippen LogP contribution < -0.4 is 0 Å². The number of hydrogen-bond donors (Lipinski definition) is 0. The molecular weight excluding hydrogens is 170 g/mol. The second-order valence-corrected chi connectivity index (χ2v) is 3.56. The molecule has 1 nitrogen and oxygen atoms in total. The molecule has 2 heteroatoms. The van der Waals surface area contributed by atoms with Crippen LogP contribution in [0.15, 0.2) is 40.6 Å². The molecule has 0 saturated heterocycles. The molecular formula is C10H10ClN. The zero-order valence-electron chi connectivity index (χ0n) is 6.87. The summed E-state index contributed by atoms with van der Waals surface area (Å²) in [6.07, 6.45) is 9.95. The van der Waals surface area contributed by atoms with Crippen molar-refractivity contribution >= 4 is 17.8 Å². The van der Waals surface area contributed by atoms with Gasteiger partial charge in [0.05, 0.1) is 5.38 Å². The molecule has 1 aliphatic carbocycles. The lowest BCUT2D eigenvalue weighted by molar-refractivity contribution is 0.729. The molecule has 12 heavy (non-hydrogen) atoms. The van der Waals surface area contributed by atoms with E-state index in [1.807, 2.05) is 18.2 Å². The molecule has 2 rings (SSSR count). The summed E-state index contributed by atoms with van der Waals surface area (Å²) in [7, 11) is 0. The van der Waals surface area contributed by atoms with Gasteiger partial charge in [0.1, 0.15) is 0 Å². The number of rotatable bonds is 0. The lowest BCUT2D eigenvalue weighted by atomic mass is 9.90. The topological polar surface area (TPSA) is 12.4 Å². The molecule has 0 bridgehead atoms. The normalized spacial score (nSPS) is 32.5. The van der Waals surface area contributed by atoms with E-state index in [9.17, 15) is 0 Å². The fraction of sp³-hybridized carbons (Fsp3) is 0.300. The molecule has 2 atom stereocenters. The monoisotopic (exact) mass is 179 g/mol. The number of dihydropyridines is 1. The van der Waals surface area contributed by atoms with Gasteiger partial charge >= 0.3 is 0 Å². The first kappa shape index (κ1) is 7.81. The van der Waals surface area contributed by atoms with E-state index in [-0.39, 0.29) is 11.3 Å². The Labute approximate surface area is 77.1 Å². The zero-order chi connectivity index (χ0) is 8.55. The van der Waals surface area contributed by atoms with Gasteiger partial charge in [0.25, 0.3) is 0 Å². The number of aliphatic imine (C=N–C) groups is 1. The fourth-order valence-corrected chi connectivity index (χ4v) is 1.76. The molecule has 0 N–H and O–H groups in total. The van der Waals surface area contributed by atoms with Gasteiger partial charge in [0.15, 0.2) is 0 Å². The first-order chi connectivity index (χ1) is 5.79. The Morgan fingerprint density at radius 3 is 3.08 bits per heavy atom. The Kier molecular flexibility index (Phi) is 1.89. The highest BCUT2D eigenvalue weighted by atomic mass is 35.5. The molecule has 0 aromatic heterocycles. The maximum atomic E-state index is 6.21. The van der Waals surface area contributed by atoms with Crippen molar-refractivity contribution in [1.29, 1.82) is 0 Å². The molecule has 0 spiro atoms. The molecule has 62 valence electrons. The van der Waals surface area contributed by atoms with Gasteiger partial charge in [-0.05, 0) is 19.1 Å². The van der Waals surface area contributed by atoms with E-state index in [1.165, 1.54) is 5.57 Å². The summed E-state index contributed by atoms with van der Waals surface area (Å²) in [6.45, 7) is 2.05. The van der Waals surface area contributed by atoms with E-state index in [0.29, 0.717) is 0 Å². The van der Waals surface area contributed by atoms with Crippen LogP contribution in [0.3, 0.4) is 0 Å². The van der Waals surface area contributed by atoms with Crippen LogP contribution >= 0.6 is 11.6 Å². The number of fused-ring (bicyclic) bond motifs is 1. The van der Waals surface area contributed by atoms with E-state index in [2.05, 4.69) is 18.0 Å². The zero-order valence-corrected chi connectivity index (χ0v) is 7.62. The smallest absolute Gasteiger partial charge is 0.0664 e. The second-order valence-electron chi connectivity index (χ2n) is 3.09. The Morgan fingerprint density at radius 2 is 2.25 bits per heavy atom. The Hall–Kier alpha value is -0.820. The number of allylic oxidation sites excluding steroid dienone is 5. The van der Waals surface area contributed by atoms with Crippen molar-refractivity contribution in [3.63, 3.8) is 0 Å². The van der Waals surface area contributed by atoms with E-state index in [1.54, 1.807) is 6.21 Å². The fourth-order valence-electron chi connectivity index (χ4n) is 1.48. The predicted molar refractivity (Wildman–Crippen MR) is 52.6 cm³/mol. The third-order valence-electron chi connectivity index (χ3n) is 2.24. The highest BCUT2D eigenvalue weighted by molar-refractivity contribution is 6.23. The van der Waals surface area contributed by atoms with Gasteiger partial charge in [-0.2, -0.15) is 0 Å². The summed E-state index contributed by atoms with van der Waals surface area (Å²) in [5.74, 6) is 0.279. The molecule has 1 heterocycles. The average Bonchev–Trinajstić information content (AvgIpc) is 2.12. The molecule has 0 fully saturated rings. The summed E-state index contributed by atoms with van der Waals surface area (Å²) in [4.78, 5) is 4.26. The highest BCUT2D eigenvalue weighted by Gasteiger charge is 2.25. The van der Waals surface area contributed by atoms with Crippen LogP contribution in [0.1, 0.15) is 6.92 Å². The molecule has 1 aliphatic heterocycles. The van der Waals surface area contributed by atoms with E-state index in [0.717, 1.165) is 5.70 Å². The van der Waals surface area contributed by atoms with Gasteiger partial charge in [-0.1, -0.05) is 17.7 Å². The van der Waals surface area contributed by atoms with Crippen LogP contribution in [0.25, 0.3) is 0 Å². The Morgan fingerprint density at radius 1 is 1.42 bits per heavy atom. The van der Waals surface area contributed by atoms with Crippen LogP contribution in [0.5, 0.6) is 0 Å². The van der Waals surface area contributed by atoms with Crippen molar-refractivity contribution in [3.05, 3.63) is 35.6 Å². The predicted octanol–water partition coefficient (Wildman–Crippen LogP) is 2.69. The van der Waals surface area contributed by atoms with Crippen molar-refractivity contribution in [2.75, 3.05) is 0 Å². The van der Waals surface area contributed by atoms with Crippen LogP contribution in [0, 0.1) is 5.92 Å². The third-order valence-corrected chi connectivity index (χ3v) is 2.85. The van der Waals surface area contributed by atoms with Crippen LogP contribution in [-0.4, -0.2) is 11.6 Å². The average molecular weight is 180 g/mol. The van der Waals surface area contributed by atoms with Crippen LogP contribution in [-0.2, 0) is 0 Å². The Balaban J connectivity index is 2.39. The van der Waals surface area contributed by atoms with Gasteiger partial charge in [-0.25, -0.2) is 0 Å². The quantitative estimate of drug-likeness (QED) is 0.507. The van der Waals surface area contributed by atoms with Gasteiger partial charge < -0.3 is 0 Å². The van der Waals surface area contributed by atoms with Crippen molar-refractivity contribution in [2.45, 2.75) is 12.3 Å². The van der Waals surface area contributed by atoms with E-state index < -0.39 is 0 Å². The van der Waals surface area contributed by atoms with Crippen molar-refractivity contribution < 1.29 is 0 Å². The van der Waals surface area contributed by atoms with Gasteiger partial charge in [0, 0.05) is 17.8 Å². The molecule has 0 aromatic rings. The summed E-state index contributed by atoms with van der Waals surface area (Å²) in [5, 5.41) is 0.0821. The lowest BCUT2D eigenvalue weighted by Gasteiger charge is -2.25. The maximum Gasteiger partial charge on any atom is 0.0664 e. The van der Waals surface area contributed by atoms with Gasteiger partial charge in [-0.3, -0.25) is 4.99 Å². The van der Waals surface area contributed by atoms with Crippen LogP contribution in [0.4, 0.5) is 0 Å². The molecule has 2 aliphatic rings. The second kappa shape index (κ2) is 2.91. The number of halogens is 1. The largest absolute Gasteiger partial charge is 0.261 e. The third kappa shape index (κ3) is 1.14. The SMILES string of the molecule is CC1=CC=C2N=CC=CC2C1Cl. The summed E-state index contributed by atoms with van der Waals surface area (Å²) < 4.78 is 0. The summed E-state index contributed by atoms with van der Waals surface area (Å²) in [5.41, 5.74) is 2.29. The lowest BCUT2D eigenvalue weighted by Crippen LogP contribution is -2.20. The minimum Gasteiger partial charge on any atom is -0.261 e. The van der Waals surface area contributed by atoms with E-state index in [4.69, 9.17) is 11.6 Å². The van der Waals surface area contributed by atoms with Gasteiger partial charge in [-0.15, -0.1) is 11.6 Å². The minimum absolute atomic E-state index is 0.0821. The molecule has 0 saturated carbocycles. The molecule has 0 amide bonds. The standard InChI is InChI=1S/C10H10ClN/c1-7-4-5-9-8(10(7)11)3-2-6-12-9/h2-6,8,10H,1H3. The first-order valence-electron chi connectivity index (χ1n) is 4.02. The molecule has 0 radical (unpaired) electrons. The maximum absolute atomic E-state index is 6.21. The number of nitrogens with zero attached hydrogens (tertiary/aromatic N) is 1. The Bertz CT molecular complexity index is 310. The van der Waals surface area contributed by atoms with Crippen molar-refractivity contribution in [1.82, 2.24) is 0 Å². The van der Waals surface area contributed by atoms with Gasteiger partial charge in [0.2, 0.25) is 0 Å². The van der Waals surface area contributed by atoms with Crippen molar-refractivity contribution in [2.24, 2.45) is 10.9 Å². The summed E-state index contributed by atoms with van der Waals surface area (Å²) in [6, 6.07) is 0. The molecule has 2 unspecified atom stereocenters. The number of hydrogen-bond acceptors (Lipinski definition) is 1. The van der Waals surface area contributed by atoms with Crippen LogP contribution in [0.2, 0.25) is 0 Å². The number of alkyl halides is 1. The van der Waals surface area contributed by atoms with E-state index >= 15 is 0 Å². The molecule has 0 aromatic carbocycles. The summed E-state index contributed by atoms with van der Waals surface area (Å²) >= 11 is 6.21. The minimum atomic E-state index is 0.0821.